The molecule has 0 aromatic carbocycles. The lowest BCUT2D eigenvalue weighted by Gasteiger charge is -2.42. The zero-order chi connectivity index (χ0) is 15.3. The first-order valence-electron chi connectivity index (χ1n) is 7.54. The molecule has 2 N–H and O–H groups in total. The molecule has 2 fully saturated rings. The first-order chi connectivity index (χ1) is 9.83. The van der Waals surface area contributed by atoms with Crippen LogP contribution in [0.3, 0.4) is 0 Å². The minimum absolute atomic E-state index is 0.0448. The number of aryl methyl sites for hydroxylation is 1. The molecule has 6 heteroatoms. The van der Waals surface area contributed by atoms with Gasteiger partial charge in [0.1, 0.15) is 5.60 Å². The van der Waals surface area contributed by atoms with Gasteiger partial charge in [-0.2, -0.15) is 5.10 Å². The zero-order valence-electron chi connectivity index (χ0n) is 13.0. The third-order valence-electron chi connectivity index (χ3n) is 4.76. The minimum Gasteiger partial charge on any atom is -0.367 e. The van der Waals surface area contributed by atoms with E-state index < -0.39 is 11.1 Å². The van der Waals surface area contributed by atoms with E-state index in [0.717, 1.165) is 18.4 Å². The van der Waals surface area contributed by atoms with E-state index in [9.17, 15) is 4.79 Å². The van der Waals surface area contributed by atoms with Crippen molar-refractivity contribution in [2.24, 2.45) is 18.7 Å². The quantitative estimate of drug-likeness (QED) is 0.886. The van der Waals surface area contributed by atoms with Crippen LogP contribution in [0, 0.1) is 5.92 Å². The molecule has 1 aromatic heterocycles. The molecule has 2 aliphatic rings. The summed E-state index contributed by atoms with van der Waals surface area (Å²) in [6.45, 7) is 5.53. The Morgan fingerprint density at radius 3 is 2.86 bits per heavy atom. The van der Waals surface area contributed by atoms with Crippen LogP contribution in [0.15, 0.2) is 12.4 Å². The van der Waals surface area contributed by atoms with Crippen molar-refractivity contribution in [3.63, 3.8) is 0 Å². The van der Waals surface area contributed by atoms with Gasteiger partial charge in [0.15, 0.2) is 0 Å². The lowest BCUT2D eigenvalue weighted by molar-refractivity contribution is -0.155. The molecule has 3 rings (SSSR count). The molecule has 116 valence electrons. The van der Waals surface area contributed by atoms with Gasteiger partial charge in [-0.15, -0.1) is 0 Å². The normalized spacial score (nSPS) is 29.2. The van der Waals surface area contributed by atoms with Crippen molar-refractivity contribution < 1.29 is 9.53 Å². The van der Waals surface area contributed by atoms with E-state index >= 15 is 0 Å². The molecule has 1 saturated carbocycles. The number of carbonyl (C=O) groups excluding carboxylic acids is 1. The molecule has 1 amide bonds. The van der Waals surface area contributed by atoms with E-state index in [4.69, 9.17) is 10.5 Å². The number of ether oxygens (including phenoxy) is 1. The van der Waals surface area contributed by atoms with Gasteiger partial charge in [-0.3, -0.25) is 9.48 Å². The van der Waals surface area contributed by atoms with Gasteiger partial charge >= 0.3 is 0 Å². The van der Waals surface area contributed by atoms with Gasteiger partial charge in [-0.05, 0) is 32.6 Å². The van der Waals surface area contributed by atoms with Crippen molar-refractivity contribution in [1.29, 1.82) is 0 Å². The monoisotopic (exact) mass is 292 g/mol. The van der Waals surface area contributed by atoms with Gasteiger partial charge in [-0.1, -0.05) is 0 Å². The standard InChI is InChI=1S/C15H24N4O2/c1-14(12-8-17-18(3)9-12)10-19(6-7-21-14)13(20)15(2,16)11-4-5-11/h8-9,11H,4-7,10,16H2,1-3H3/t14-,15+/m1/s1. The predicted molar refractivity (Wildman–Crippen MR) is 78.4 cm³/mol. The molecule has 0 radical (unpaired) electrons. The van der Waals surface area contributed by atoms with Crippen molar-refractivity contribution in [2.75, 3.05) is 19.7 Å². The van der Waals surface area contributed by atoms with Crippen molar-refractivity contribution in [2.45, 2.75) is 37.8 Å². The highest BCUT2D eigenvalue weighted by Crippen LogP contribution is 2.40. The van der Waals surface area contributed by atoms with Crippen LogP contribution in [0.1, 0.15) is 32.3 Å². The van der Waals surface area contributed by atoms with Gasteiger partial charge < -0.3 is 15.4 Å². The summed E-state index contributed by atoms with van der Waals surface area (Å²) < 4.78 is 7.70. The number of carbonyl (C=O) groups is 1. The zero-order valence-corrected chi connectivity index (χ0v) is 13.0. The number of nitrogens with zero attached hydrogens (tertiary/aromatic N) is 3. The maximum atomic E-state index is 12.8. The second-order valence-corrected chi connectivity index (χ2v) is 6.77. The highest BCUT2D eigenvalue weighted by Gasteiger charge is 2.48. The van der Waals surface area contributed by atoms with Crippen LogP contribution < -0.4 is 5.73 Å². The number of aromatic nitrogens is 2. The molecule has 2 heterocycles. The van der Waals surface area contributed by atoms with Crippen molar-refractivity contribution in [1.82, 2.24) is 14.7 Å². The molecule has 1 aliphatic carbocycles. The van der Waals surface area contributed by atoms with E-state index in [0.29, 0.717) is 25.6 Å². The Bertz CT molecular complexity index is 550. The second kappa shape index (κ2) is 4.81. The fourth-order valence-electron chi connectivity index (χ4n) is 3.11. The van der Waals surface area contributed by atoms with Gasteiger partial charge in [-0.25, -0.2) is 0 Å². The number of hydrogen-bond acceptors (Lipinski definition) is 4. The number of rotatable bonds is 3. The molecule has 1 saturated heterocycles. The summed E-state index contributed by atoms with van der Waals surface area (Å²) in [6, 6.07) is 0. The summed E-state index contributed by atoms with van der Waals surface area (Å²) in [5.41, 5.74) is 6.02. The molecule has 1 aliphatic heterocycles. The van der Waals surface area contributed by atoms with Crippen molar-refractivity contribution >= 4 is 5.91 Å². The van der Waals surface area contributed by atoms with Crippen molar-refractivity contribution in [3.8, 4) is 0 Å². The van der Waals surface area contributed by atoms with Gasteiger partial charge in [0.05, 0.1) is 24.9 Å². The summed E-state index contributed by atoms with van der Waals surface area (Å²) in [4.78, 5) is 14.6. The number of hydrogen-bond donors (Lipinski definition) is 1. The number of morpholine rings is 1. The highest BCUT2D eigenvalue weighted by molar-refractivity contribution is 5.86. The Balaban J connectivity index is 1.78. The third-order valence-corrected chi connectivity index (χ3v) is 4.76. The summed E-state index contributed by atoms with van der Waals surface area (Å²) in [5, 5.41) is 4.20. The Labute approximate surface area is 125 Å². The van der Waals surface area contributed by atoms with Crippen LogP contribution in [0.2, 0.25) is 0 Å². The highest BCUT2D eigenvalue weighted by atomic mass is 16.5. The Morgan fingerprint density at radius 2 is 2.29 bits per heavy atom. The molecule has 0 bridgehead atoms. The Morgan fingerprint density at radius 1 is 1.57 bits per heavy atom. The molecule has 6 nitrogen and oxygen atoms in total. The molecule has 1 aromatic rings. The maximum Gasteiger partial charge on any atom is 0.242 e. The van der Waals surface area contributed by atoms with Crippen LogP contribution >= 0.6 is 0 Å². The van der Waals surface area contributed by atoms with E-state index in [1.54, 1.807) is 10.9 Å². The third kappa shape index (κ3) is 2.58. The SMILES string of the molecule is Cn1cc([C@@]2(C)CN(C(=O)[C@@](C)(N)C3CC3)CCO2)cn1. The maximum absolute atomic E-state index is 12.8. The summed E-state index contributed by atoms with van der Waals surface area (Å²) in [7, 11) is 1.88. The number of nitrogens with two attached hydrogens (primary N) is 1. The smallest absolute Gasteiger partial charge is 0.242 e. The molecule has 21 heavy (non-hydrogen) atoms. The second-order valence-electron chi connectivity index (χ2n) is 6.77. The van der Waals surface area contributed by atoms with Gasteiger partial charge in [0, 0.05) is 25.4 Å². The average Bonchev–Trinajstić information content (AvgIpc) is 3.21. The van der Waals surface area contributed by atoms with Crippen LogP contribution in [0.4, 0.5) is 0 Å². The Kier molecular flexibility index (Phi) is 3.33. The van der Waals surface area contributed by atoms with E-state index in [1.807, 2.05) is 32.0 Å². The predicted octanol–water partition coefficient (Wildman–Crippen LogP) is 0.621. The molecular formula is C15H24N4O2. The first kappa shape index (κ1) is 14.5. The van der Waals surface area contributed by atoms with Gasteiger partial charge in [0.25, 0.3) is 0 Å². The largest absolute Gasteiger partial charge is 0.367 e. The molecular weight excluding hydrogens is 268 g/mol. The Hall–Kier alpha value is -1.40. The lowest BCUT2D eigenvalue weighted by Crippen LogP contribution is -2.60. The summed E-state index contributed by atoms with van der Waals surface area (Å²) in [6.07, 6.45) is 5.86. The fourth-order valence-corrected chi connectivity index (χ4v) is 3.11. The molecule has 0 spiro atoms. The van der Waals surface area contributed by atoms with Crippen LogP contribution in [0.5, 0.6) is 0 Å². The van der Waals surface area contributed by atoms with E-state index in [1.165, 1.54) is 0 Å². The molecule has 2 atom stereocenters. The number of amides is 1. The summed E-state index contributed by atoms with van der Waals surface area (Å²) >= 11 is 0. The molecule has 0 unspecified atom stereocenters. The van der Waals surface area contributed by atoms with E-state index in [2.05, 4.69) is 5.10 Å². The van der Waals surface area contributed by atoms with Crippen molar-refractivity contribution in [3.05, 3.63) is 18.0 Å². The van der Waals surface area contributed by atoms with E-state index in [-0.39, 0.29) is 5.91 Å². The average molecular weight is 292 g/mol. The minimum atomic E-state index is -0.743. The fraction of sp³-hybridized carbons (Fsp3) is 0.733. The summed E-state index contributed by atoms with van der Waals surface area (Å²) in [5.74, 6) is 0.376. The van der Waals surface area contributed by atoms with Crippen LogP contribution in [-0.4, -0.2) is 45.8 Å². The first-order valence-corrected chi connectivity index (χ1v) is 7.54. The lowest BCUT2D eigenvalue weighted by atomic mass is 9.92. The topological polar surface area (TPSA) is 73.4 Å². The van der Waals surface area contributed by atoms with Crippen LogP contribution in [0.25, 0.3) is 0 Å². The van der Waals surface area contributed by atoms with Gasteiger partial charge in [0.2, 0.25) is 5.91 Å². The van der Waals surface area contributed by atoms with Crippen LogP contribution in [-0.2, 0) is 22.2 Å².